The first-order valence-corrected chi connectivity index (χ1v) is 13.5. The summed E-state index contributed by atoms with van der Waals surface area (Å²) in [6, 6.07) is 0. The molecule has 154 valence electrons. The molecule has 0 aromatic carbocycles. The Balaban J connectivity index is 2.16. The lowest BCUT2D eigenvalue weighted by atomic mass is 9.61. The van der Waals surface area contributed by atoms with E-state index < -0.39 is 27.6 Å². The number of aliphatic hydroxyl groups is 1. The molecule has 5 atom stereocenters. The topological polar surface area (TPSA) is 29.5 Å². The predicted molar refractivity (Wildman–Crippen MR) is 115 cm³/mol. The van der Waals surface area contributed by atoms with E-state index in [-0.39, 0.29) is 28.9 Å². The van der Waals surface area contributed by atoms with Crippen molar-refractivity contribution >= 4 is 8.32 Å². The molecule has 3 heteroatoms. The molecule has 26 heavy (non-hydrogen) atoms. The van der Waals surface area contributed by atoms with E-state index in [1.54, 1.807) is 0 Å². The van der Waals surface area contributed by atoms with E-state index in [2.05, 4.69) is 47.7 Å². The van der Waals surface area contributed by atoms with Crippen LogP contribution in [0, 0.1) is 23.2 Å². The van der Waals surface area contributed by atoms with Crippen molar-refractivity contribution < 1.29 is 17.8 Å². The van der Waals surface area contributed by atoms with Crippen molar-refractivity contribution in [2.75, 3.05) is 0 Å². The molecule has 1 N–H and O–H groups in total. The Morgan fingerprint density at radius 1 is 1.23 bits per heavy atom. The average molecular weight is 389 g/mol. The van der Waals surface area contributed by atoms with Crippen LogP contribution in [0.4, 0.5) is 0 Å². The van der Waals surface area contributed by atoms with Gasteiger partial charge in [0.15, 0.2) is 8.32 Å². The quantitative estimate of drug-likeness (QED) is 0.508. The van der Waals surface area contributed by atoms with Gasteiger partial charge in [0, 0.05) is 14.3 Å². The molecule has 2 nitrogen and oxygen atoms in total. The Hall–Kier alpha value is 0.137. The maximum absolute atomic E-state index is 10.7. The highest BCUT2D eigenvalue weighted by Crippen LogP contribution is 2.59. The average Bonchev–Trinajstić information content (AvgIpc) is 2.94. The fraction of sp³-hybridized carbons (Fsp3) is 1.00. The number of rotatable bonds is 6. The molecule has 0 spiro atoms. The highest BCUT2D eigenvalue weighted by molar-refractivity contribution is 6.74. The van der Waals surface area contributed by atoms with Crippen LogP contribution in [0.1, 0.15) is 101 Å². The molecule has 0 bridgehead atoms. The fourth-order valence-corrected chi connectivity index (χ4v) is 6.82. The molecule has 2 aliphatic carbocycles. The summed E-state index contributed by atoms with van der Waals surface area (Å²) in [7, 11) is -1.87. The summed E-state index contributed by atoms with van der Waals surface area (Å²) < 4.78 is 52.8. The largest absolute Gasteiger partial charge is 0.414 e. The lowest BCUT2D eigenvalue weighted by molar-refractivity contribution is -0.0242. The molecule has 2 saturated carbocycles. The molecule has 0 unspecified atom stereocenters. The minimum Gasteiger partial charge on any atom is -0.414 e. The predicted octanol–water partition coefficient (Wildman–Crippen LogP) is 6.78. The standard InChI is InChI=1S/C23H46O2Si/c1-17(14-16-22(5,6)24)18-12-13-19-20(11-10-15-23(18,19)7)25-26(8,9)21(2,3)4/h17-20,24H,10-16H2,1-9H3/t17-,18-,19+,20+,23-/m1/s1/i5D3,6D3. The van der Waals surface area contributed by atoms with Gasteiger partial charge in [-0.15, -0.1) is 0 Å². The minimum absolute atomic E-state index is 0.114. The van der Waals surface area contributed by atoms with Crippen LogP contribution in [0.15, 0.2) is 0 Å². The minimum atomic E-state index is -2.94. The van der Waals surface area contributed by atoms with E-state index >= 15 is 0 Å². The highest BCUT2D eigenvalue weighted by Gasteiger charge is 2.54. The van der Waals surface area contributed by atoms with Crippen LogP contribution in [0.25, 0.3) is 0 Å². The number of hydrogen-bond acceptors (Lipinski definition) is 2. The van der Waals surface area contributed by atoms with Gasteiger partial charge in [-0.05, 0) is 93.5 Å². The zero-order chi connectivity index (χ0) is 25.0. The van der Waals surface area contributed by atoms with Crippen LogP contribution in [-0.2, 0) is 4.43 Å². The molecule has 0 radical (unpaired) electrons. The Bertz CT molecular complexity index is 640. The van der Waals surface area contributed by atoms with Crippen LogP contribution < -0.4 is 0 Å². The van der Waals surface area contributed by atoms with Crippen LogP contribution >= 0.6 is 0 Å². The first-order chi connectivity index (χ1) is 14.2. The van der Waals surface area contributed by atoms with Gasteiger partial charge in [0.2, 0.25) is 0 Å². The summed E-state index contributed by atoms with van der Waals surface area (Å²) in [6.07, 6.45) is 5.96. The molecule has 0 aliphatic heterocycles. The zero-order valence-corrected chi connectivity index (χ0v) is 19.1. The van der Waals surface area contributed by atoms with Gasteiger partial charge in [-0.3, -0.25) is 0 Å². The maximum Gasteiger partial charge on any atom is 0.192 e. The summed E-state index contributed by atoms with van der Waals surface area (Å²) in [5.74, 6) is 1.02. The maximum atomic E-state index is 10.7. The Morgan fingerprint density at radius 3 is 2.46 bits per heavy atom. The third-order valence-corrected chi connectivity index (χ3v) is 12.5. The van der Waals surface area contributed by atoms with Crippen LogP contribution in [0.3, 0.4) is 0 Å². The van der Waals surface area contributed by atoms with E-state index in [9.17, 15) is 5.11 Å². The second-order valence-electron chi connectivity index (χ2n) is 11.0. The van der Waals surface area contributed by atoms with Crippen molar-refractivity contribution in [3.63, 3.8) is 0 Å². The first-order valence-electron chi connectivity index (χ1n) is 13.6. The Labute approximate surface area is 173 Å². The molecular weight excluding hydrogens is 336 g/mol. The van der Waals surface area contributed by atoms with Gasteiger partial charge < -0.3 is 9.53 Å². The van der Waals surface area contributed by atoms with Gasteiger partial charge in [-0.2, -0.15) is 0 Å². The fourth-order valence-electron chi connectivity index (χ4n) is 5.43. The van der Waals surface area contributed by atoms with E-state index in [4.69, 9.17) is 12.7 Å². The zero-order valence-electron chi connectivity index (χ0n) is 24.1. The van der Waals surface area contributed by atoms with Crippen molar-refractivity contribution in [3.05, 3.63) is 0 Å². The van der Waals surface area contributed by atoms with E-state index in [0.29, 0.717) is 18.3 Å². The summed E-state index contributed by atoms with van der Waals surface area (Å²) in [5, 5.41) is 10.8. The van der Waals surface area contributed by atoms with Crippen molar-refractivity contribution in [1.29, 1.82) is 0 Å². The van der Waals surface area contributed by atoms with Gasteiger partial charge in [0.25, 0.3) is 0 Å². The molecule has 0 aromatic heterocycles. The van der Waals surface area contributed by atoms with Crippen LogP contribution in [-0.4, -0.2) is 25.1 Å². The number of hydrogen-bond donors (Lipinski definition) is 1. The molecule has 2 rings (SSSR count). The molecule has 0 amide bonds. The first kappa shape index (κ1) is 15.0. The highest BCUT2D eigenvalue weighted by atomic mass is 28.4. The van der Waals surface area contributed by atoms with Crippen molar-refractivity contribution in [3.8, 4) is 0 Å². The Kier molecular flexibility index (Phi) is 4.35. The van der Waals surface area contributed by atoms with Crippen molar-refractivity contribution in [1.82, 2.24) is 0 Å². The summed E-state index contributed by atoms with van der Waals surface area (Å²) in [5.41, 5.74) is -2.55. The van der Waals surface area contributed by atoms with Crippen LogP contribution in [0.5, 0.6) is 0 Å². The van der Waals surface area contributed by atoms with E-state index in [0.717, 1.165) is 32.1 Å². The number of fused-ring (bicyclic) bond motifs is 1. The van der Waals surface area contributed by atoms with Gasteiger partial charge in [-0.25, -0.2) is 0 Å². The lowest BCUT2D eigenvalue weighted by Gasteiger charge is -2.50. The van der Waals surface area contributed by atoms with Gasteiger partial charge >= 0.3 is 0 Å². The SMILES string of the molecule is [2H]C([2H])([2H])C(O)(CC[C@@H](C)[C@H]1CC[C@H]2[C@@H](O[Si](C)(C)C(C)(C)C)CCC[C@]12C)C([2H])([2H])[2H]. The molecule has 2 fully saturated rings. The molecule has 0 aromatic rings. The van der Waals surface area contributed by atoms with Gasteiger partial charge in [0.1, 0.15) is 0 Å². The van der Waals surface area contributed by atoms with Gasteiger partial charge in [-0.1, -0.05) is 41.0 Å². The monoisotopic (exact) mass is 388 g/mol. The van der Waals surface area contributed by atoms with Crippen LogP contribution in [0.2, 0.25) is 18.1 Å². The van der Waals surface area contributed by atoms with Gasteiger partial charge in [0.05, 0.1) is 5.60 Å². The molecular formula is C23H46O2Si. The van der Waals surface area contributed by atoms with E-state index in [1.165, 1.54) is 0 Å². The summed E-state index contributed by atoms with van der Waals surface area (Å²) in [6.45, 7) is 10.1. The molecule has 0 heterocycles. The van der Waals surface area contributed by atoms with Crippen molar-refractivity contribution in [2.24, 2.45) is 23.2 Å². The second-order valence-corrected chi connectivity index (χ2v) is 15.7. The second kappa shape index (κ2) is 7.52. The third-order valence-electron chi connectivity index (χ3n) is 8.04. The summed E-state index contributed by atoms with van der Waals surface area (Å²) >= 11 is 0. The Morgan fingerprint density at radius 2 is 1.88 bits per heavy atom. The normalized spacial score (nSPS) is 39.0. The smallest absolute Gasteiger partial charge is 0.192 e. The summed E-state index contributed by atoms with van der Waals surface area (Å²) in [4.78, 5) is 0. The van der Waals surface area contributed by atoms with Crippen molar-refractivity contribution in [2.45, 2.75) is 123 Å². The third kappa shape index (κ3) is 4.75. The molecule has 0 saturated heterocycles. The van der Waals surface area contributed by atoms with E-state index in [1.807, 2.05) is 0 Å². The molecule has 2 aliphatic rings. The lowest BCUT2D eigenvalue weighted by Crippen LogP contribution is -2.50.